The molecule has 1 aliphatic carbocycles. The monoisotopic (exact) mass is 603 g/mol. The number of methoxy groups -OCH3 is 3. The maximum absolute atomic E-state index is 13.9. The van der Waals surface area contributed by atoms with E-state index in [1.807, 2.05) is 51.1 Å². The molecule has 8 nitrogen and oxygen atoms in total. The van der Waals surface area contributed by atoms with Gasteiger partial charge in [0, 0.05) is 21.3 Å². The Hall–Kier alpha value is -3.85. The molecule has 0 aliphatic heterocycles. The summed E-state index contributed by atoms with van der Waals surface area (Å²) in [6, 6.07) is 9.90. The largest absolute Gasteiger partial charge is 0.496 e. The standard InChI is InChI=1S/C34H41N3O5S/c1-20-12-14-26-24(16-20)22(3)32(37(26)19-30(38)42-6)33(39)36-34-35-31(25-18-27(40-4)21(2)17-28(25)41-5)29(43-34)15-13-23-10-8-7-9-11-23/h12,14,16-18,23H,7-11,13,15,19H2,1-6H3,(H,35,36,39). The first-order chi connectivity index (χ1) is 20.7. The molecular formula is C34H41N3O5S. The van der Waals surface area contributed by atoms with Crippen LogP contribution in [0.1, 0.15) is 70.6 Å². The van der Waals surface area contributed by atoms with E-state index in [0.717, 1.165) is 62.3 Å². The number of benzene rings is 2. The molecule has 2 aromatic carbocycles. The van der Waals surface area contributed by atoms with Gasteiger partial charge in [0.2, 0.25) is 0 Å². The predicted molar refractivity (Wildman–Crippen MR) is 172 cm³/mol. The third-order valence-electron chi connectivity index (χ3n) is 8.60. The van der Waals surface area contributed by atoms with Crippen LogP contribution in [0.3, 0.4) is 0 Å². The van der Waals surface area contributed by atoms with Gasteiger partial charge in [0.25, 0.3) is 5.91 Å². The second-order valence-corrected chi connectivity index (χ2v) is 12.5. The average Bonchev–Trinajstić information content (AvgIpc) is 3.53. The lowest BCUT2D eigenvalue weighted by Gasteiger charge is -2.21. The Bertz CT molecular complexity index is 1650. The molecule has 9 heteroatoms. The number of anilines is 1. The van der Waals surface area contributed by atoms with Crippen LogP contribution in [0.2, 0.25) is 0 Å². The van der Waals surface area contributed by atoms with Crippen molar-refractivity contribution in [1.82, 2.24) is 9.55 Å². The molecule has 0 radical (unpaired) electrons. The second kappa shape index (κ2) is 13.2. The van der Waals surface area contributed by atoms with Crippen molar-refractivity contribution in [3.05, 3.63) is 57.6 Å². The molecule has 5 rings (SSSR count). The number of nitrogens with one attached hydrogen (secondary N) is 1. The summed E-state index contributed by atoms with van der Waals surface area (Å²) in [4.78, 5) is 32.4. The lowest BCUT2D eigenvalue weighted by molar-refractivity contribution is -0.141. The molecule has 0 spiro atoms. The number of rotatable bonds is 10. The Labute approximate surface area is 257 Å². The highest BCUT2D eigenvalue weighted by Crippen LogP contribution is 2.41. The Morgan fingerprint density at radius 2 is 1.74 bits per heavy atom. The van der Waals surface area contributed by atoms with Crippen molar-refractivity contribution in [2.24, 2.45) is 5.92 Å². The van der Waals surface area contributed by atoms with Gasteiger partial charge in [0.05, 0.1) is 27.0 Å². The third kappa shape index (κ3) is 6.42. The number of nitrogens with zero attached hydrogens (tertiary/aromatic N) is 2. The summed E-state index contributed by atoms with van der Waals surface area (Å²) in [5, 5.41) is 4.51. The van der Waals surface area contributed by atoms with Crippen molar-refractivity contribution in [3.63, 3.8) is 0 Å². The topological polar surface area (TPSA) is 91.7 Å². The molecule has 1 amide bonds. The number of hydrogen-bond acceptors (Lipinski definition) is 7. The van der Waals surface area contributed by atoms with Crippen molar-refractivity contribution in [2.75, 3.05) is 26.6 Å². The van der Waals surface area contributed by atoms with Crippen molar-refractivity contribution in [1.29, 1.82) is 0 Å². The molecule has 2 heterocycles. The summed E-state index contributed by atoms with van der Waals surface area (Å²) in [5.74, 6) is 1.43. The van der Waals surface area contributed by atoms with Crippen LogP contribution in [-0.2, 0) is 22.5 Å². The van der Waals surface area contributed by atoms with Gasteiger partial charge < -0.3 is 18.8 Å². The number of aryl methyl sites for hydroxylation is 4. The maximum atomic E-state index is 13.9. The molecule has 1 aliphatic rings. The van der Waals surface area contributed by atoms with E-state index in [2.05, 4.69) is 5.32 Å². The van der Waals surface area contributed by atoms with E-state index in [0.29, 0.717) is 22.5 Å². The lowest BCUT2D eigenvalue weighted by Crippen LogP contribution is -2.21. The van der Waals surface area contributed by atoms with E-state index in [1.54, 1.807) is 18.8 Å². The number of ether oxygens (including phenoxy) is 3. The van der Waals surface area contributed by atoms with Gasteiger partial charge >= 0.3 is 5.97 Å². The molecule has 1 N–H and O–H groups in total. The third-order valence-corrected chi connectivity index (χ3v) is 9.63. The first-order valence-corrected chi connectivity index (χ1v) is 15.8. The fraction of sp³-hybridized carbons (Fsp3) is 0.441. The Morgan fingerprint density at radius 1 is 1.00 bits per heavy atom. The first kappa shape index (κ1) is 30.6. The molecule has 1 saturated carbocycles. The van der Waals surface area contributed by atoms with Crippen LogP contribution in [0.15, 0.2) is 30.3 Å². The van der Waals surface area contributed by atoms with Crippen LogP contribution < -0.4 is 14.8 Å². The number of aromatic nitrogens is 2. The zero-order chi connectivity index (χ0) is 30.7. The van der Waals surface area contributed by atoms with Crippen molar-refractivity contribution >= 4 is 39.2 Å². The molecule has 2 aromatic heterocycles. The fourth-order valence-corrected chi connectivity index (χ4v) is 7.26. The number of carbonyl (C=O) groups excluding carboxylic acids is 2. The predicted octanol–water partition coefficient (Wildman–Crippen LogP) is 7.65. The van der Waals surface area contributed by atoms with E-state index >= 15 is 0 Å². The van der Waals surface area contributed by atoms with Crippen LogP contribution in [0, 0.1) is 26.7 Å². The van der Waals surface area contributed by atoms with E-state index in [1.165, 1.54) is 50.6 Å². The van der Waals surface area contributed by atoms with Gasteiger partial charge in [0.1, 0.15) is 23.7 Å². The van der Waals surface area contributed by atoms with Crippen LogP contribution >= 0.6 is 11.3 Å². The molecule has 0 saturated heterocycles. The fourth-order valence-electron chi connectivity index (χ4n) is 6.27. The number of esters is 1. The molecule has 4 aromatic rings. The van der Waals surface area contributed by atoms with Crippen molar-refractivity contribution in [3.8, 4) is 22.8 Å². The number of amides is 1. The molecule has 0 unspecified atom stereocenters. The molecule has 43 heavy (non-hydrogen) atoms. The smallest absolute Gasteiger partial charge is 0.325 e. The van der Waals surface area contributed by atoms with Crippen LogP contribution in [0.4, 0.5) is 5.13 Å². The molecular weight excluding hydrogens is 562 g/mol. The minimum absolute atomic E-state index is 0.0667. The zero-order valence-corrected chi connectivity index (χ0v) is 26.8. The summed E-state index contributed by atoms with van der Waals surface area (Å²) in [6.45, 7) is 5.84. The average molecular weight is 604 g/mol. The van der Waals surface area contributed by atoms with E-state index < -0.39 is 5.97 Å². The van der Waals surface area contributed by atoms with E-state index in [9.17, 15) is 9.59 Å². The number of fused-ring (bicyclic) bond motifs is 1. The van der Waals surface area contributed by atoms with Crippen LogP contribution in [0.25, 0.3) is 22.2 Å². The molecule has 228 valence electrons. The van der Waals surface area contributed by atoms with Crippen LogP contribution in [0.5, 0.6) is 11.5 Å². The van der Waals surface area contributed by atoms with Crippen molar-refractivity contribution in [2.45, 2.75) is 72.3 Å². The number of hydrogen-bond donors (Lipinski definition) is 1. The maximum Gasteiger partial charge on any atom is 0.325 e. The summed E-state index contributed by atoms with van der Waals surface area (Å²) in [6.07, 6.45) is 8.40. The Morgan fingerprint density at radius 3 is 2.44 bits per heavy atom. The summed E-state index contributed by atoms with van der Waals surface area (Å²) >= 11 is 1.50. The minimum atomic E-state index is -0.423. The highest BCUT2D eigenvalue weighted by Gasteiger charge is 2.25. The normalized spacial score (nSPS) is 13.7. The highest BCUT2D eigenvalue weighted by atomic mass is 32.1. The second-order valence-electron chi connectivity index (χ2n) is 11.5. The van der Waals surface area contributed by atoms with Gasteiger partial charge in [-0.3, -0.25) is 14.9 Å². The van der Waals surface area contributed by atoms with Gasteiger partial charge in [-0.1, -0.05) is 43.7 Å². The number of thiazole rings is 1. The SMILES string of the molecule is COC(=O)Cn1c(C(=O)Nc2nc(-c3cc(OC)c(C)cc3OC)c(CCC3CCCCC3)s2)c(C)c2cc(C)ccc21. The van der Waals surface area contributed by atoms with E-state index in [4.69, 9.17) is 19.2 Å². The van der Waals surface area contributed by atoms with E-state index in [-0.39, 0.29) is 12.5 Å². The van der Waals surface area contributed by atoms with Gasteiger partial charge in [-0.15, -0.1) is 11.3 Å². The Balaban J connectivity index is 1.54. The van der Waals surface area contributed by atoms with Gasteiger partial charge in [-0.25, -0.2) is 4.98 Å². The molecule has 1 fully saturated rings. The van der Waals surface area contributed by atoms with Gasteiger partial charge in [-0.05, 0) is 74.9 Å². The summed E-state index contributed by atoms with van der Waals surface area (Å²) in [5.41, 5.74) is 5.72. The number of carbonyl (C=O) groups is 2. The highest BCUT2D eigenvalue weighted by molar-refractivity contribution is 7.16. The van der Waals surface area contributed by atoms with Crippen molar-refractivity contribution < 1.29 is 23.8 Å². The van der Waals surface area contributed by atoms with Gasteiger partial charge in [0.15, 0.2) is 5.13 Å². The molecule has 0 atom stereocenters. The summed E-state index contributed by atoms with van der Waals surface area (Å²) < 4.78 is 18.1. The van der Waals surface area contributed by atoms with Gasteiger partial charge in [-0.2, -0.15) is 0 Å². The quantitative estimate of drug-likeness (QED) is 0.187. The molecule has 0 bridgehead atoms. The zero-order valence-electron chi connectivity index (χ0n) is 26.0. The first-order valence-electron chi connectivity index (χ1n) is 14.9. The lowest BCUT2D eigenvalue weighted by atomic mass is 9.86. The summed E-state index contributed by atoms with van der Waals surface area (Å²) in [7, 11) is 4.67. The Kier molecular flexibility index (Phi) is 9.40. The van der Waals surface area contributed by atoms with Crippen LogP contribution in [-0.4, -0.2) is 42.8 Å². The minimum Gasteiger partial charge on any atom is -0.496 e.